The number of amides is 1. The van der Waals surface area contributed by atoms with E-state index in [9.17, 15) is 9.59 Å². The highest BCUT2D eigenvalue weighted by molar-refractivity contribution is 7.17. The van der Waals surface area contributed by atoms with E-state index in [1.165, 1.54) is 10.4 Å². The highest BCUT2D eigenvalue weighted by Gasteiger charge is 2.44. The van der Waals surface area contributed by atoms with Gasteiger partial charge >= 0.3 is 5.97 Å². The molecule has 1 fully saturated rings. The zero-order valence-corrected chi connectivity index (χ0v) is 16.4. The van der Waals surface area contributed by atoms with E-state index in [-0.39, 0.29) is 23.7 Å². The molecular weight excluding hydrogens is 358 g/mol. The number of fused-ring (bicyclic) bond motifs is 1. The number of ether oxygens (including phenoxy) is 1. The number of carbonyl (C=O) groups is 2. The van der Waals surface area contributed by atoms with E-state index in [1.54, 1.807) is 11.3 Å². The normalized spacial score (nSPS) is 20.6. The Morgan fingerprint density at radius 2 is 1.96 bits per heavy atom. The Hall–Kier alpha value is -2.14. The van der Waals surface area contributed by atoms with Gasteiger partial charge in [-0.25, -0.2) is 4.79 Å². The fourth-order valence-electron chi connectivity index (χ4n) is 3.89. The van der Waals surface area contributed by atoms with Gasteiger partial charge < -0.3 is 10.1 Å². The molecule has 1 aromatic carbocycles. The first-order valence-electron chi connectivity index (χ1n) is 9.86. The molecule has 2 aliphatic rings. The molecule has 1 N–H and O–H groups in total. The van der Waals surface area contributed by atoms with E-state index in [2.05, 4.69) is 17.4 Å². The van der Waals surface area contributed by atoms with Crippen molar-refractivity contribution in [2.45, 2.75) is 51.4 Å². The zero-order chi connectivity index (χ0) is 18.8. The van der Waals surface area contributed by atoms with Crippen LogP contribution in [-0.4, -0.2) is 18.5 Å². The smallest absolute Gasteiger partial charge is 0.341 e. The summed E-state index contributed by atoms with van der Waals surface area (Å²) < 4.78 is 5.41. The summed E-state index contributed by atoms with van der Waals surface area (Å²) in [7, 11) is 0. The number of benzene rings is 1. The Balaban J connectivity index is 1.52. The number of esters is 1. The van der Waals surface area contributed by atoms with Crippen molar-refractivity contribution in [2.75, 3.05) is 11.9 Å². The predicted octanol–water partition coefficient (Wildman–Crippen LogP) is 4.94. The molecule has 1 saturated carbocycles. The van der Waals surface area contributed by atoms with Crippen molar-refractivity contribution in [3.63, 3.8) is 0 Å². The monoisotopic (exact) mass is 383 g/mol. The van der Waals surface area contributed by atoms with Gasteiger partial charge in [-0.3, -0.25) is 4.79 Å². The molecule has 142 valence electrons. The van der Waals surface area contributed by atoms with Crippen LogP contribution in [0.5, 0.6) is 0 Å². The van der Waals surface area contributed by atoms with Crippen LogP contribution < -0.4 is 5.32 Å². The molecule has 27 heavy (non-hydrogen) atoms. The SMILES string of the molecule is CCCOC(=O)c1c(NC(=O)C2CC2c2ccccc2)sc2c1CCCC2. The van der Waals surface area contributed by atoms with Crippen LogP contribution in [0, 0.1) is 5.92 Å². The largest absolute Gasteiger partial charge is 0.462 e. The summed E-state index contributed by atoms with van der Waals surface area (Å²) in [6.07, 6.45) is 5.78. The molecular formula is C22H25NO3S. The zero-order valence-electron chi connectivity index (χ0n) is 15.6. The molecule has 2 aromatic rings. The lowest BCUT2D eigenvalue weighted by molar-refractivity contribution is -0.117. The summed E-state index contributed by atoms with van der Waals surface area (Å²) in [5.41, 5.74) is 2.91. The lowest BCUT2D eigenvalue weighted by Crippen LogP contribution is -2.17. The number of hydrogen-bond acceptors (Lipinski definition) is 4. The third kappa shape index (κ3) is 3.79. The fourth-order valence-corrected chi connectivity index (χ4v) is 5.18. The summed E-state index contributed by atoms with van der Waals surface area (Å²) in [5, 5.41) is 3.75. The van der Waals surface area contributed by atoms with Crippen molar-refractivity contribution < 1.29 is 14.3 Å². The number of hydrogen-bond donors (Lipinski definition) is 1. The van der Waals surface area contributed by atoms with Gasteiger partial charge in [0.05, 0.1) is 12.2 Å². The molecule has 5 heteroatoms. The summed E-state index contributed by atoms with van der Waals surface area (Å²) in [6.45, 7) is 2.39. The van der Waals surface area contributed by atoms with Crippen LogP contribution in [0.25, 0.3) is 0 Å². The molecule has 4 nitrogen and oxygen atoms in total. The molecule has 0 saturated heterocycles. The Morgan fingerprint density at radius 3 is 2.74 bits per heavy atom. The Bertz CT molecular complexity index is 843. The number of carbonyl (C=O) groups excluding carboxylic acids is 2. The maximum atomic E-state index is 12.8. The molecule has 2 atom stereocenters. The maximum absolute atomic E-state index is 12.8. The highest BCUT2D eigenvalue weighted by Crippen LogP contribution is 2.48. The standard InChI is InChI=1S/C22H25NO3S/c1-2-12-26-22(25)19-15-10-6-7-11-18(15)27-21(19)23-20(24)17-13-16(17)14-8-4-3-5-9-14/h3-5,8-9,16-17H,2,6-7,10-13H2,1H3,(H,23,24). The second-order valence-corrected chi connectivity index (χ2v) is 8.50. The molecule has 2 unspecified atom stereocenters. The minimum atomic E-state index is -0.290. The molecule has 1 aromatic heterocycles. The Kier molecular flexibility index (Phi) is 5.30. The molecule has 0 bridgehead atoms. The van der Waals surface area contributed by atoms with Crippen molar-refractivity contribution in [3.8, 4) is 0 Å². The van der Waals surface area contributed by atoms with Crippen molar-refractivity contribution in [1.82, 2.24) is 0 Å². The van der Waals surface area contributed by atoms with E-state index >= 15 is 0 Å². The Morgan fingerprint density at radius 1 is 1.19 bits per heavy atom. The van der Waals surface area contributed by atoms with Gasteiger partial charge in [-0.15, -0.1) is 11.3 Å². The lowest BCUT2D eigenvalue weighted by Gasteiger charge is -2.12. The van der Waals surface area contributed by atoms with E-state index in [0.717, 1.165) is 44.1 Å². The average molecular weight is 384 g/mol. The van der Waals surface area contributed by atoms with Crippen molar-refractivity contribution in [1.29, 1.82) is 0 Å². The van der Waals surface area contributed by atoms with Crippen LogP contribution in [0.1, 0.15) is 64.9 Å². The molecule has 2 aliphatic carbocycles. The van der Waals surface area contributed by atoms with Gasteiger partial charge in [-0.1, -0.05) is 37.3 Å². The molecule has 1 amide bonds. The minimum absolute atomic E-state index is 0.00830. The quantitative estimate of drug-likeness (QED) is 0.719. The third-order valence-corrected chi connectivity index (χ3v) is 6.61. The molecule has 4 rings (SSSR count). The van der Waals surface area contributed by atoms with Gasteiger partial charge in [0, 0.05) is 10.8 Å². The van der Waals surface area contributed by atoms with Gasteiger partial charge in [0.2, 0.25) is 5.91 Å². The Labute approximate surface area is 163 Å². The van der Waals surface area contributed by atoms with Gasteiger partial charge in [-0.05, 0) is 55.6 Å². The topological polar surface area (TPSA) is 55.4 Å². The second-order valence-electron chi connectivity index (χ2n) is 7.40. The number of rotatable bonds is 6. The van der Waals surface area contributed by atoms with Crippen molar-refractivity contribution >= 4 is 28.2 Å². The molecule has 0 aliphatic heterocycles. The maximum Gasteiger partial charge on any atom is 0.341 e. The van der Waals surface area contributed by atoms with Gasteiger partial charge in [0.25, 0.3) is 0 Å². The summed E-state index contributed by atoms with van der Waals surface area (Å²) >= 11 is 1.56. The van der Waals surface area contributed by atoms with E-state index in [4.69, 9.17) is 4.74 Å². The van der Waals surface area contributed by atoms with Gasteiger partial charge in [0.15, 0.2) is 0 Å². The minimum Gasteiger partial charge on any atom is -0.462 e. The summed E-state index contributed by atoms with van der Waals surface area (Å²) in [6, 6.07) is 10.2. The first-order valence-corrected chi connectivity index (χ1v) is 10.7. The highest BCUT2D eigenvalue weighted by atomic mass is 32.1. The van der Waals surface area contributed by atoms with Crippen LogP contribution in [0.15, 0.2) is 30.3 Å². The second kappa shape index (κ2) is 7.85. The number of thiophene rings is 1. The summed E-state index contributed by atoms with van der Waals surface area (Å²) in [4.78, 5) is 26.7. The average Bonchev–Trinajstić information content (AvgIpc) is 3.42. The van der Waals surface area contributed by atoms with Crippen LogP contribution in [0.2, 0.25) is 0 Å². The summed E-state index contributed by atoms with van der Waals surface area (Å²) in [5.74, 6) is 0.0104. The predicted molar refractivity (Wildman–Crippen MR) is 107 cm³/mol. The van der Waals surface area contributed by atoms with E-state index in [0.29, 0.717) is 17.2 Å². The van der Waals surface area contributed by atoms with E-state index in [1.807, 2.05) is 25.1 Å². The molecule has 0 spiro atoms. The van der Waals surface area contributed by atoms with E-state index < -0.39 is 0 Å². The lowest BCUT2D eigenvalue weighted by atomic mass is 9.95. The molecule has 1 heterocycles. The first kappa shape index (κ1) is 18.2. The van der Waals surface area contributed by atoms with Crippen molar-refractivity contribution in [3.05, 3.63) is 51.9 Å². The van der Waals surface area contributed by atoms with Crippen LogP contribution >= 0.6 is 11.3 Å². The van der Waals surface area contributed by atoms with Crippen LogP contribution in [0.3, 0.4) is 0 Å². The fraction of sp³-hybridized carbons (Fsp3) is 0.455. The van der Waals surface area contributed by atoms with Gasteiger partial charge in [0.1, 0.15) is 5.00 Å². The first-order chi connectivity index (χ1) is 13.2. The van der Waals surface area contributed by atoms with Gasteiger partial charge in [-0.2, -0.15) is 0 Å². The van der Waals surface area contributed by atoms with Crippen LogP contribution in [0.4, 0.5) is 5.00 Å². The number of aryl methyl sites for hydroxylation is 1. The third-order valence-electron chi connectivity index (χ3n) is 5.40. The number of anilines is 1. The number of nitrogens with one attached hydrogen (secondary N) is 1. The van der Waals surface area contributed by atoms with Crippen molar-refractivity contribution in [2.24, 2.45) is 5.92 Å². The molecule has 0 radical (unpaired) electrons. The van der Waals surface area contributed by atoms with Crippen LogP contribution in [-0.2, 0) is 22.4 Å².